The molecule has 0 spiro atoms. The number of aryl methyl sites for hydroxylation is 1. The molecule has 1 heterocycles. The molecule has 0 aliphatic carbocycles. The van der Waals surface area contributed by atoms with Crippen LogP contribution in [0.25, 0.3) is 0 Å². The molecular weight excluding hydrogens is 260 g/mol. The second-order valence-corrected chi connectivity index (χ2v) is 6.29. The van der Waals surface area contributed by atoms with E-state index in [4.69, 9.17) is 0 Å². The van der Waals surface area contributed by atoms with E-state index in [0.29, 0.717) is 12.5 Å². The molecule has 0 bridgehead atoms. The first-order valence-electron chi connectivity index (χ1n) is 8.15. The Kier molecular flexibility index (Phi) is 5.40. The molecule has 21 heavy (non-hydrogen) atoms. The number of carbonyl (C=O) groups excluding carboxylic acids is 1. The fourth-order valence-electron chi connectivity index (χ4n) is 3.36. The summed E-state index contributed by atoms with van der Waals surface area (Å²) in [6, 6.07) is 8.60. The fourth-order valence-corrected chi connectivity index (χ4v) is 3.36. The lowest BCUT2D eigenvalue weighted by atomic mass is 9.81. The van der Waals surface area contributed by atoms with Gasteiger partial charge in [0.15, 0.2) is 0 Å². The van der Waals surface area contributed by atoms with E-state index >= 15 is 0 Å². The predicted octanol–water partition coefficient (Wildman–Crippen LogP) is 2.99. The molecule has 1 N–H and O–H groups in total. The summed E-state index contributed by atoms with van der Waals surface area (Å²) in [7, 11) is 1.94. The normalized spacial score (nSPS) is 21.5. The van der Waals surface area contributed by atoms with Crippen molar-refractivity contribution < 1.29 is 4.79 Å². The quantitative estimate of drug-likeness (QED) is 0.873. The second-order valence-electron chi connectivity index (χ2n) is 6.29. The van der Waals surface area contributed by atoms with Gasteiger partial charge in [-0.15, -0.1) is 0 Å². The number of nitrogens with zero attached hydrogens (tertiary/aromatic N) is 1. The highest BCUT2D eigenvalue weighted by Gasteiger charge is 2.41. The Morgan fingerprint density at radius 2 is 1.90 bits per heavy atom. The third-order valence-electron chi connectivity index (χ3n) is 4.62. The first-order chi connectivity index (χ1) is 10.1. The van der Waals surface area contributed by atoms with Crippen molar-refractivity contribution in [1.82, 2.24) is 10.2 Å². The van der Waals surface area contributed by atoms with E-state index in [2.05, 4.69) is 43.4 Å². The van der Waals surface area contributed by atoms with Gasteiger partial charge in [0.25, 0.3) is 0 Å². The van der Waals surface area contributed by atoms with E-state index in [1.807, 2.05) is 11.9 Å². The van der Waals surface area contributed by atoms with Gasteiger partial charge in [0.2, 0.25) is 5.91 Å². The summed E-state index contributed by atoms with van der Waals surface area (Å²) in [4.78, 5) is 14.8. The molecule has 1 saturated heterocycles. The molecule has 0 aromatic heterocycles. The zero-order valence-electron chi connectivity index (χ0n) is 13.6. The molecule has 2 rings (SSSR count). The van der Waals surface area contributed by atoms with Crippen LogP contribution in [0.1, 0.15) is 44.2 Å². The number of hydrogen-bond donors (Lipinski definition) is 1. The lowest BCUT2D eigenvalue weighted by molar-refractivity contribution is -0.140. The maximum Gasteiger partial charge on any atom is 0.230 e. The van der Waals surface area contributed by atoms with E-state index < -0.39 is 0 Å². The smallest absolute Gasteiger partial charge is 0.230 e. The van der Waals surface area contributed by atoms with Crippen LogP contribution < -0.4 is 5.32 Å². The topological polar surface area (TPSA) is 32.3 Å². The Morgan fingerprint density at radius 1 is 1.24 bits per heavy atom. The van der Waals surface area contributed by atoms with Gasteiger partial charge in [0.05, 0.1) is 5.41 Å². The van der Waals surface area contributed by atoms with Crippen LogP contribution in [-0.4, -0.2) is 30.9 Å². The summed E-state index contributed by atoms with van der Waals surface area (Å²) < 4.78 is 0. The summed E-state index contributed by atoms with van der Waals surface area (Å²) in [6.07, 6.45) is 4.07. The zero-order valence-corrected chi connectivity index (χ0v) is 13.6. The van der Waals surface area contributed by atoms with Gasteiger partial charge >= 0.3 is 0 Å². The Balaban J connectivity index is 2.03. The molecule has 1 atom stereocenters. The first-order valence-corrected chi connectivity index (χ1v) is 8.15. The molecular formula is C18H28N2O. The van der Waals surface area contributed by atoms with Crippen molar-refractivity contribution in [3.8, 4) is 0 Å². The summed E-state index contributed by atoms with van der Waals surface area (Å²) in [6.45, 7) is 6.82. The molecule has 1 aliphatic rings. The van der Waals surface area contributed by atoms with Crippen LogP contribution in [0.5, 0.6) is 0 Å². The molecule has 1 amide bonds. The summed E-state index contributed by atoms with van der Waals surface area (Å²) >= 11 is 0. The average Bonchev–Trinajstić information content (AvgIpc) is 2.97. The van der Waals surface area contributed by atoms with Gasteiger partial charge in [-0.1, -0.05) is 44.5 Å². The lowest BCUT2D eigenvalue weighted by Crippen LogP contribution is -2.43. The maximum absolute atomic E-state index is 12.9. The van der Waals surface area contributed by atoms with Crippen molar-refractivity contribution in [2.45, 2.75) is 46.1 Å². The van der Waals surface area contributed by atoms with Crippen LogP contribution in [0.3, 0.4) is 0 Å². The van der Waals surface area contributed by atoms with Crippen LogP contribution in [0.15, 0.2) is 24.3 Å². The number of rotatable bonds is 6. The predicted molar refractivity (Wildman–Crippen MR) is 87.1 cm³/mol. The number of hydrogen-bond acceptors (Lipinski definition) is 2. The van der Waals surface area contributed by atoms with Crippen LogP contribution in [-0.2, 0) is 17.8 Å². The molecule has 1 fully saturated rings. The van der Waals surface area contributed by atoms with Crippen LogP contribution in [0.4, 0.5) is 0 Å². The van der Waals surface area contributed by atoms with Crippen molar-refractivity contribution in [1.29, 1.82) is 0 Å². The summed E-state index contributed by atoms with van der Waals surface area (Å²) in [5.41, 5.74) is 2.38. The highest BCUT2D eigenvalue weighted by atomic mass is 16.2. The van der Waals surface area contributed by atoms with E-state index in [0.717, 1.165) is 38.8 Å². The Hall–Kier alpha value is -1.35. The third kappa shape index (κ3) is 3.65. The third-order valence-corrected chi connectivity index (χ3v) is 4.62. The molecule has 0 radical (unpaired) electrons. The molecule has 0 saturated carbocycles. The first kappa shape index (κ1) is 16.0. The number of amides is 1. The molecule has 1 unspecified atom stereocenters. The minimum absolute atomic E-state index is 0.174. The Bertz CT molecular complexity index is 461. The summed E-state index contributed by atoms with van der Waals surface area (Å²) in [5, 5.41) is 3.37. The van der Waals surface area contributed by atoms with Gasteiger partial charge in [-0.2, -0.15) is 0 Å². The zero-order chi connectivity index (χ0) is 15.3. The van der Waals surface area contributed by atoms with Crippen molar-refractivity contribution in [2.75, 3.05) is 20.1 Å². The number of nitrogens with one attached hydrogen (secondary N) is 1. The van der Waals surface area contributed by atoms with Gasteiger partial charge in [0.1, 0.15) is 0 Å². The maximum atomic E-state index is 12.9. The van der Waals surface area contributed by atoms with Gasteiger partial charge in [0, 0.05) is 20.1 Å². The summed E-state index contributed by atoms with van der Waals surface area (Å²) in [5.74, 6) is 0.300. The van der Waals surface area contributed by atoms with E-state index in [-0.39, 0.29) is 5.41 Å². The Morgan fingerprint density at radius 3 is 2.43 bits per heavy atom. The van der Waals surface area contributed by atoms with Crippen LogP contribution in [0.2, 0.25) is 0 Å². The SMILES string of the molecule is CCCC1(C(=O)N(C)Cc2ccc(CC)cc2)CCNC1. The molecule has 1 aliphatic heterocycles. The van der Waals surface area contributed by atoms with Crippen molar-refractivity contribution in [3.63, 3.8) is 0 Å². The van der Waals surface area contributed by atoms with Crippen LogP contribution in [0, 0.1) is 5.41 Å². The minimum atomic E-state index is -0.174. The van der Waals surface area contributed by atoms with Gasteiger partial charge in [-0.25, -0.2) is 0 Å². The molecule has 1 aromatic carbocycles. The largest absolute Gasteiger partial charge is 0.341 e. The lowest BCUT2D eigenvalue weighted by Gasteiger charge is -2.31. The second kappa shape index (κ2) is 7.08. The fraction of sp³-hybridized carbons (Fsp3) is 0.611. The highest BCUT2D eigenvalue weighted by Crippen LogP contribution is 2.33. The molecule has 116 valence electrons. The van der Waals surface area contributed by atoms with E-state index in [9.17, 15) is 4.79 Å². The van der Waals surface area contributed by atoms with Crippen molar-refractivity contribution >= 4 is 5.91 Å². The van der Waals surface area contributed by atoms with Gasteiger partial charge in [-0.05, 0) is 36.9 Å². The Labute approximate surface area is 128 Å². The van der Waals surface area contributed by atoms with E-state index in [1.54, 1.807) is 0 Å². The number of benzene rings is 1. The average molecular weight is 288 g/mol. The number of carbonyl (C=O) groups is 1. The van der Waals surface area contributed by atoms with Gasteiger partial charge < -0.3 is 10.2 Å². The van der Waals surface area contributed by atoms with Crippen LogP contribution >= 0.6 is 0 Å². The monoisotopic (exact) mass is 288 g/mol. The molecule has 3 nitrogen and oxygen atoms in total. The highest BCUT2D eigenvalue weighted by molar-refractivity contribution is 5.83. The molecule has 3 heteroatoms. The van der Waals surface area contributed by atoms with Crippen molar-refractivity contribution in [2.24, 2.45) is 5.41 Å². The minimum Gasteiger partial charge on any atom is -0.341 e. The van der Waals surface area contributed by atoms with Crippen molar-refractivity contribution in [3.05, 3.63) is 35.4 Å². The van der Waals surface area contributed by atoms with Gasteiger partial charge in [-0.3, -0.25) is 4.79 Å². The molecule has 1 aromatic rings. The van der Waals surface area contributed by atoms with E-state index in [1.165, 1.54) is 11.1 Å². The standard InChI is InChI=1S/C18H28N2O/c1-4-10-18(11-12-19-14-18)17(21)20(3)13-16-8-6-15(5-2)7-9-16/h6-9,19H,4-5,10-14H2,1-3H3.